The SMILES string of the molecule is CCCCc1cnc(-c2ccc(CCC)cc2)nc1F. The lowest BCUT2D eigenvalue weighted by Gasteiger charge is -2.05. The van der Waals surface area contributed by atoms with Gasteiger partial charge in [0, 0.05) is 17.3 Å². The molecule has 2 aromatic rings. The van der Waals surface area contributed by atoms with Crippen LogP contribution in [0.25, 0.3) is 11.4 Å². The summed E-state index contributed by atoms with van der Waals surface area (Å²) in [7, 11) is 0. The van der Waals surface area contributed by atoms with E-state index in [1.165, 1.54) is 5.56 Å². The summed E-state index contributed by atoms with van der Waals surface area (Å²) >= 11 is 0. The van der Waals surface area contributed by atoms with E-state index >= 15 is 0 Å². The summed E-state index contributed by atoms with van der Waals surface area (Å²) in [6.45, 7) is 4.24. The van der Waals surface area contributed by atoms with Crippen molar-refractivity contribution in [1.29, 1.82) is 0 Å². The fourth-order valence-electron chi connectivity index (χ4n) is 2.17. The van der Waals surface area contributed by atoms with Crippen molar-refractivity contribution in [2.75, 3.05) is 0 Å². The normalized spacial score (nSPS) is 10.8. The molecule has 2 nitrogen and oxygen atoms in total. The molecule has 0 spiro atoms. The van der Waals surface area contributed by atoms with Gasteiger partial charge in [-0.15, -0.1) is 0 Å². The van der Waals surface area contributed by atoms with E-state index < -0.39 is 0 Å². The second-order valence-electron chi connectivity index (χ2n) is 5.06. The van der Waals surface area contributed by atoms with Crippen LogP contribution in [-0.4, -0.2) is 9.97 Å². The molecule has 1 aromatic carbocycles. The Balaban J connectivity index is 2.18. The van der Waals surface area contributed by atoms with Gasteiger partial charge in [0.1, 0.15) is 0 Å². The van der Waals surface area contributed by atoms with Gasteiger partial charge >= 0.3 is 0 Å². The van der Waals surface area contributed by atoms with E-state index in [1.807, 2.05) is 12.1 Å². The number of nitrogens with zero attached hydrogens (tertiary/aromatic N) is 2. The minimum atomic E-state index is -0.388. The number of aromatic nitrogens is 2. The molecule has 1 heterocycles. The Hall–Kier alpha value is -1.77. The Morgan fingerprint density at radius 3 is 2.35 bits per heavy atom. The number of rotatable bonds is 6. The molecule has 0 unspecified atom stereocenters. The molecule has 1 aromatic heterocycles. The van der Waals surface area contributed by atoms with Gasteiger partial charge in [-0.25, -0.2) is 4.98 Å². The highest BCUT2D eigenvalue weighted by atomic mass is 19.1. The van der Waals surface area contributed by atoms with Gasteiger partial charge in [0.25, 0.3) is 0 Å². The average molecular weight is 272 g/mol. The van der Waals surface area contributed by atoms with Crippen LogP contribution in [0.4, 0.5) is 4.39 Å². The fourth-order valence-corrected chi connectivity index (χ4v) is 2.17. The third-order valence-corrected chi connectivity index (χ3v) is 3.36. The van der Waals surface area contributed by atoms with Gasteiger partial charge in [0.2, 0.25) is 5.95 Å². The second-order valence-corrected chi connectivity index (χ2v) is 5.06. The molecule has 0 saturated heterocycles. The molecule has 0 atom stereocenters. The summed E-state index contributed by atoms with van der Waals surface area (Å²) in [5, 5.41) is 0. The lowest BCUT2D eigenvalue weighted by molar-refractivity contribution is 0.558. The summed E-state index contributed by atoms with van der Waals surface area (Å²) in [4.78, 5) is 8.28. The summed E-state index contributed by atoms with van der Waals surface area (Å²) in [5.41, 5.74) is 2.76. The molecule has 3 heteroatoms. The van der Waals surface area contributed by atoms with Crippen molar-refractivity contribution < 1.29 is 4.39 Å². The zero-order valence-corrected chi connectivity index (χ0v) is 12.2. The number of unbranched alkanes of at least 4 members (excludes halogenated alkanes) is 1. The Morgan fingerprint density at radius 1 is 1.00 bits per heavy atom. The molecule has 0 bridgehead atoms. The van der Waals surface area contributed by atoms with Crippen LogP contribution in [0, 0.1) is 5.95 Å². The van der Waals surface area contributed by atoms with E-state index in [2.05, 4.69) is 35.9 Å². The zero-order valence-electron chi connectivity index (χ0n) is 12.2. The lowest BCUT2D eigenvalue weighted by Crippen LogP contribution is -1.99. The summed E-state index contributed by atoms with van der Waals surface area (Å²) in [5.74, 6) is 0.0758. The molecule has 2 rings (SSSR count). The predicted molar refractivity (Wildman–Crippen MR) is 80.0 cm³/mol. The van der Waals surface area contributed by atoms with Crippen LogP contribution in [-0.2, 0) is 12.8 Å². The van der Waals surface area contributed by atoms with Gasteiger partial charge in [-0.1, -0.05) is 51.0 Å². The highest BCUT2D eigenvalue weighted by molar-refractivity contribution is 5.55. The number of hydrogen-bond acceptors (Lipinski definition) is 2. The highest BCUT2D eigenvalue weighted by Crippen LogP contribution is 2.18. The fraction of sp³-hybridized carbons (Fsp3) is 0.412. The minimum absolute atomic E-state index is 0.388. The molecule has 0 aliphatic rings. The van der Waals surface area contributed by atoms with Crippen LogP contribution < -0.4 is 0 Å². The van der Waals surface area contributed by atoms with Crippen molar-refractivity contribution in [2.45, 2.75) is 46.0 Å². The summed E-state index contributed by atoms with van der Waals surface area (Å²) < 4.78 is 13.9. The number of hydrogen-bond donors (Lipinski definition) is 0. The molecule has 0 radical (unpaired) electrons. The van der Waals surface area contributed by atoms with Crippen LogP contribution >= 0.6 is 0 Å². The predicted octanol–water partition coefficient (Wildman–Crippen LogP) is 4.58. The van der Waals surface area contributed by atoms with Crippen LogP contribution in [0.2, 0.25) is 0 Å². The van der Waals surface area contributed by atoms with Gasteiger partial charge in [0.15, 0.2) is 5.82 Å². The number of benzene rings is 1. The van der Waals surface area contributed by atoms with Gasteiger partial charge in [-0.3, -0.25) is 0 Å². The van der Waals surface area contributed by atoms with Crippen molar-refractivity contribution in [3.8, 4) is 11.4 Å². The first kappa shape index (κ1) is 14.6. The highest BCUT2D eigenvalue weighted by Gasteiger charge is 2.08. The van der Waals surface area contributed by atoms with Crippen LogP contribution in [0.3, 0.4) is 0 Å². The Kier molecular flexibility index (Phi) is 5.22. The van der Waals surface area contributed by atoms with Crippen LogP contribution in [0.5, 0.6) is 0 Å². The Labute approximate surface area is 120 Å². The lowest BCUT2D eigenvalue weighted by atomic mass is 10.1. The maximum Gasteiger partial charge on any atom is 0.219 e. The quantitative estimate of drug-likeness (QED) is 0.719. The summed E-state index contributed by atoms with van der Waals surface area (Å²) in [6, 6.07) is 8.05. The average Bonchev–Trinajstić information content (AvgIpc) is 2.47. The molecule has 20 heavy (non-hydrogen) atoms. The molecule has 0 aliphatic carbocycles. The first-order valence-corrected chi connectivity index (χ1v) is 7.35. The number of halogens is 1. The van der Waals surface area contributed by atoms with E-state index in [1.54, 1.807) is 6.20 Å². The largest absolute Gasteiger partial charge is 0.236 e. The molecular weight excluding hydrogens is 251 g/mol. The van der Waals surface area contributed by atoms with E-state index in [4.69, 9.17) is 0 Å². The molecule has 0 N–H and O–H groups in total. The smallest absolute Gasteiger partial charge is 0.219 e. The number of aryl methyl sites for hydroxylation is 2. The molecule has 0 amide bonds. The van der Waals surface area contributed by atoms with Crippen molar-refractivity contribution in [3.63, 3.8) is 0 Å². The maximum absolute atomic E-state index is 13.9. The Morgan fingerprint density at radius 2 is 1.75 bits per heavy atom. The van der Waals surface area contributed by atoms with Gasteiger partial charge in [0.05, 0.1) is 0 Å². The second kappa shape index (κ2) is 7.13. The third-order valence-electron chi connectivity index (χ3n) is 3.36. The standard InChI is InChI=1S/C17H21FN2/c1-3-5-7-15-12-19-17(20-16(15)18)14-10-8-13(6-4-2)9-11-14/h8-12H,3-7H2,1-2H3. The third kappa shape index (κ3) is 3.62. The van der Waals surface area contributed by atoms with Crippen molar-refractivity contribution in [1.82, 2.24) is 9.97 Å². The van der Waals surface area contributed by atoms with Gasteiger partial charge < -0.3 is 0 Å². The van der Waals surface area contributed by atoms with E-state index in [-0.39, 0.29) is 5.95 Å². The minimum Gasteiger partial charge on any atom is -0.236 e. The van der Waals surface area contributed by atoms with Gasteiger partial charge in [-0.05, 0) is 24.8 Å². The maximum atomic E-state index is 13.9. The van der Waals surface area contributed by atoms with Crippen LogP contribution in [0.1, 0.15) is 44.2 Å². The van der Waals surface area contributed by atoms with Gasteiger partial charge in [-0.2, -0.15) is 9.37 Å². The first-order valence-electron chi connectivity index (χ1n) is 7.35. The Bertz CT molecular complexity index is 549. The molecular formula is C17H21FN2. The zero-order chi connectivity index (χ0) is 14.4. The topological polar surface area (TPSA) is 25.8 Å². The molecule has 0 fully saturated rings. The van der Waals surface area contributed by atoms with Crippen molar-refractivity contribution >= 4 is 0 Å². The molecule has 106 valence electrons. The van der Waals surface area contributed by atoms with E-state index in [0.29, 0.717) is 17.8 Å². The molecule has 0 aliphatic heterocycles. The monoisotopic (exact) mass is 272 g/mol. The first-order chi connectivity index (χ1) is 9.74. The van der Waals surface area contributed by atoms with Crippen LogP contribution in [0.15, 0.2) is 30.5 Å². The molecule has 0 saturated carbocycles. The van der Waals surface area contributed by atoms with Crippen molar-refractivity contribution in [2.24, 2.45) is 0 Å². The van der Waals surface area contributed by atoms with Crippen molar-refractivity contribution in [3.05, 3.63) is 47.5 Å². The van der Waals surface area contributed by atoms with E-state index in [9.17, 15) is 4.39 Å². The van der Waals surface area contributed by atoms with E-state index in [0.717, 1.165) is 31.2 Å². The summed E-state index contributed by atoms with van der Waals surface area (Å²) in [6.07, 6.45) is 6.51.